The minimum Gasteiger partial charge on any atom is -0.381 e. The number of anilines is 3. The van der Waals surface area contributed by atoms with Gasteiger partial charge < -0.3 is 36.1 Å². The third-order valence-corrected chi connectivity index (χ3v) is 12.5. The van der Waals surface area contributed by atoms with Crippen molar-refractivity contribution in [1.29, 1.82) is 0 Å². The molecule has 9 aromatic rings. The van der Waals surface area contributed by atoms with Crippen LogP contribution >= 0.6 is 0 Å². The Morgan fingerprint density at radius 1 is 0.528 bits per heavy atom. The number of fused-ring (bicyclic) bond motifs is 2. The summed E-state index contributed by atoms with van der Waals surface area (Å²) in [6, 6.07) is 51.7. The number of carbonyl (C=O) groups excluding carboxylic acids is 3. The van der Waals surface area contributed by atoms with Gasteiger partial charge in [0.25, 0.3) is 17.7 Å². The molecule has 0 saturated carbocycles. The molecular weight excluding hydrogens is 893 g/mol. The van der Waals surface area contributed by atoms with E-state index in [0.29, 0.717) is 34.9 Å². The zero-order chi connectivity index (χ0) is 51.0. The minimum absolute atomic E-state index is 0.0264. The maximum Gasteiger partial charge on any atom is 0.272 e. The van der Waals surface area contributed by atoms with E-state index in [9.17, 15) is 14.4 Å². The van der Waals surface area contributed by atoms with Crippen LogP contribution in [0.1, 0.15) is 89.6 Å². The first-order valence-electron chi connectivity index (χ1n) is 24.3. The smallest absolute Gasteiger partial charge is 0.272 e. The molecule has 0 radical (unpaired) electrons. The number of amides is 3. The van der Waals surface area contributed by atoms with Crippen molar-refractivity contribution in [2.75, 3.05) is 43.1 Å². The van der Waals surface area contributed by atoms with E-state index in [0.717, 1.165) is 62.8 Å². The Bertz CT molecular complexity index is 3290. The van der Waals surface area contributed by atoms with Crippen LogP contribution in [0.2, 0.25) is 0 Å². The van der Waals surface area contributed by atoms with E-state index in [-0.39, 0.29) is 28.6 Å². The molecule has 3 aromatic heterocycles. The predicted molar refractivity (Wildman–Crippen MR) is 296 cm³/mol. The number of rotatable bonds is 13. The third kappa shape index (κ3) is 12.2. The molecule has 6 aromatic carbocycles. The highest BCUT2D eigenvalue weighted by molar-refractivity contribution is 6.15. The number of aromatic nitrogens is 3. The van der Waals surface area contributed by atoms with E-state index in [1.165, 1.54) is 16.7 Å². The van der Waals surface area contributed by atoms with Gasteiger partial charge in [-0.3, -0.25) is 19.4 Å². The number of pyridine rings is 1. The molecule has 11 nitrogen and oxygen atoms in total. The molecule has 0 aliphatic heterocycles. The molecule has 0 fully saturated rings. The second kappa shape index (κ2) is 21.8. The van der Waals surface area contributed by atoms with Gasteiger partial charge in [0.15, 0.2) is 0 Å². The normalized spacial score (nSPS) is 11.5. The average molecular weight is 957 g/mol. The van der Waals surface area contributed by atoms with E-state index in [2.05, 4.69) is 108 Å². The fourth-order valence-electron chi connectivity index (χ4n) is 8.48. The molecule has 0 spiro atoms. The number of H-pyrrole nitrogens is 2. The van der Waals surface area contributed by atoms with Crippen LogP contribution in [0.25, 0.3) is 44.1 Å². The molecule has 72 heavy (non-hydrogen) atoms. The Hall–Kier alpha value is -8.28. The van der Waals surface area contributed by atoms with Gasteiger partial charge in [-0.05, 0) is 113 Å². The molecule has 9 rings (SSSR count). The first-order chi connectivity index (χ1) is 34.5. The Balaban J connectivity index is 0.000000193. The summed E-state index contributed by atoms with van der Waals surface area (Å²) in [6.07, 6.45) is 3.32. The fourth-order valence-corrected chi connectivity index (χ4v) is 8.48. The van der Waals surface area contributed by atoms with Crippen LogP contribution in [0.15, 0.2) is 170 Å². The summed E-state index contributed by atoms with van der Waals surface area (Å²) in [5.41, 5.74) is 13.3. The summed E-state index contributed by atoms with van der Waals surface area (Å²) >= 11 is 0. The summed E-state index contributed by atoms with van der Waals surface area (Å²) in [5.74, 6) is -0.519. The van der Waals surface area contributed by atoms with E-state index in [4.69, 9.17) is 0 Å². The van der Waals surface area contributed by atoms with Crippen LogP contribution in [0.3, 0.4) is 0 Å². The van der Waals surface area contributed by atoms with Crippen LogP contribution in [0.4, 0.5) is 17.1 Å². The standard InChI is InChI=1S/C31H30N4O.C30H34N4O2/c1-31(2,3)23-11-9-21(10-12-23)20-33-25-13-14-27-26(19-25)28(22-7-5-4-6-8-22)29(35-27)30(36)34-24-15-17-32-18-16-24;1-30(2,3)22-13-11-21(12-14-22)28(35)32-23-15-16-25-24(19-23)26(20-9-7-6-8-10-20)27(33-25)29(36)31-17-18-34(4)5/h4-19,33,35H,20H2,1-3H3,(H,32,34,36);6-16,19,33H,17-18H2,1-5H3,(H,31,36)(H,32,35). The van der Waals surface area contributed by atoms with Crippen molar-refractivity contribution in [1.82, 2.24) is 25.2 Å². The second-order valence-electron chi connectivity index (χ2n) is 20.3. The van der Waals surface area contributed by atoms with Gasteiger partial charge in [0, 0.05) is 87.6 Å². The molecule has 6 N–H and O–H groups in total. The lowest BCUT2D eigenvalue weighted by molar-refractivity contribution is 0.0946. The maximum absolute atomic E-state index is 13.3. The lowest BCUT2D eigenvalue weighted by Gasteiger charge is -2.19. The fraction of sp³-hybridized carbons (Fsp3) is 0.213. The molecule has 0 unspecified atom stereocenters. The number of carbonyl (C=O) groups is 3. The van der Waals surface area contributed by atoms with E-state index in [1.54, 1.807) is 24.5 Å². The van der Waals surface area contributed by atoms with Gasteiger partial charge in [-0.2, -0.15) is 0 Å². The second-order valence-corrected chi connectivity index (χ2v) is 20.3. The van der Waals surface area contributed by atoms with Crippen molar-refractivity contribution in [2.45, 2.75) is 58.9 Å². The lowest BCUT2D eigenvalue weighted by atomic mass is 9.86. The Morgan fingerprint density at radius 2 is 1.01 bits per heavy atom. The Labute approximate surface area is 422 Å². The summed E-state index contributed by atoms with van der Waals surface area (Å²) in [4.78, 5) is 52.1. The molecule has 0 aliphatic rings. The van der Waals surface area contributed by atoms with E-state index >= 15 is 0 Å². The van der Waals surface area contributed by atoms with Gasteiger partial charge in [0.2, 0.25) is 0 Å². The van der Waals surface area contributed by atoms with Crippen LogP contribution in [-0.4, -0.2) is 64.8 Å². The van der Waals surface area contributed by atoms with Gasteiger partial charge in [0.05, 0.1) is 0 Å². The summed E-state index contributed by atoms with van der Waals surface area (Å²) in [6.45, 7) is 15.1. The number of nitrogens with zero attached hydrogens (tertiary/aromatic N) is 2. The van der Waals surface area contributed by atoms with E-state index < -0.39 is 0 Å². The largest absolute Gasteiger partial charge is 0.381 e. The summed E-state index contributed by atoms with van der Waals surface area (Å²) in [7, 11) is 3.94. The van der Waals surface area contributed by atoms with Gasteiger partial charge in [-0.25, -0.2) is 0 Å². The van der Waals surface area contributed by atoms with Crippen molar-refractivity contribution in [2.24, 2.45) is 0 Å². The number of nitrogens with one attached hydrogen (secondary N) is 6. The van der Waals surface area contributed by atoms with Crippen LogP contribution in [0, 0.1) is 0 Å². The zero-order valence-corrected chi connectivity index (χ0v) is 42.4. The third-order valence-electron chi connectivity index (χ3n) is 12.5. The van der Waals surface area contributed by atoms with Crippen LogP contribution < -0.4 is 21.3 Å². The first-order valence-corrected chi connectivity index (χ1v) is 24.3. The quantitative estimate of drug-likeness (QED) is 0.0678. The first kappa shape index (κ1) is 50.1. The number of benzene rings is 6. The molecule has 0 aliphatic carbocycles. The summed E-state index contributed by atoms with van der Waals surface area (Å²) < 4.78 is 0. The number of hydrogen-bond acceptors (Lipinski definition) is 6. The Kier molecular flexibility index (Phi) is 15.2. The highest BCUT2D eigenvalue weighted by Gasteiger charge is 2.22. The molecule has 0 saturated heterocycles. The molecule has 11 heteroatoms. The highest BCUT2D eigenvalue weighted by Crippen LogP contribution is 2.36. The molecular formula is C61H64N8O3. The number of aromatic amines is 2. The molecule has 3 amide bonds. The van der Waals surface area contributed by atoms with E-state index in [1.807, 2.05) is 134 Å². The maximum atomic E-state index is 13.3. The van der Waals surface area contributed by atoms with Crippen molar-refractivity contribution < 1.29 is 14.4 Å². The minimum atomic E-state index is -0.190. The predicted octanol–water partition coefficient (Wildman–Crippen LogP) is 13.1. The Morgan fingerprint density at radius 3 is 1.54 bits per heavy atom. The lowest BCUT2D eigenvalue weighted by Crippen LogP contribution is -2.31. The average Bonchev–Trinajstić information content (AvgIpc) is 3.95. The molecule has 0 bridgehead atoms. The molecule has 0 atom stereocenters. The van der Waals surface area contributed by atoms with Crippen molar-refractivity contribution in [3.05, 3.63) is 204 Å². The van der Waals surface area contributed by atoms with Crippen molar-refractivity contribution in [3.63, 3.8) is 0 Å². The molecule has 366 valence electrons. The van der Waals surface area contributed by atoms with Crippen molar-refractivity contribution in [3.8, 4) is 22.3 Å². The number of hydrogen-bond donors (Lipinski definition) is 6. The van der Waals surface area contributed by atoms with Gasteiger partial charge in [0.1, 0.15) is 11.4 Å². The zero-order valence-electron chi connectivity index (χ0n) is 42.4. The van der Waals surface area contributed by atoms with Crippen LogP contribution in [-0.2, 0) is 17.4 Å². The van der Waals surface area contributed by atoms with Crippen LogP contribution in [0.5, 0.6) is 0 Å². The summed E-state index contributed by atoms with van der Waals surface area (Å²) in [5, 5.41) is 14.4. The number of likely N-dealkylation sites (N-methyl/N-ethyl adjacent to an activating group) is 1. The topological polar surface area (TPSA) is 147 Å². The highest BCUT2D eigenvalue weighted by atomic mass is 16.2. The van der Waals surface area contributed by atoms with Gasteiger partial charge >= 0.3 is 0 Å². The van der Waals surface area contributed by atoms with Gasteiger partial charge in [-0.15, -0.1) is 0 Å². The van der Waals surface area contributed by atoms with Gasteiger partial charge in [-0.1, -0.05) is 139 Å². The SMILES string of the molecule is CC(C)(C)c1ccc(CNc2ccc3[nH]c(C(=O)Nc4ccncc4)c(-c4ccccc4)c3c2)cc1.CN(C)CCNC(=O)c1[nH]c2ccc(NC(=O)c3ccc(C(C)(C)C)cc3)cc2c1-c1ccccc1. The molecule has 3 heterocycles. The monoisotopic (exact) mass is 957 g/mol. The van der Waals surface area contributed by atoms with Crippen molar-refractivity contribution >= 4 is 56.6 Å².